The van der Waals surface area contributed by atoms with Gasteiger partial charge in [-0.3, -0.25) is 4.57 Å². The highest BCUT2D eigenvalue weighted by atomic mass is 15.2. The predicted octanol–water partition coefficient (Wildman–Crippen LogP) is 13.0. The van der Waals surface area contributed by atoms with Crippen molar-refractivity contribution in [2.45, 2.75) is 19.3 Å². The fraction of sp³-hybridized carbons (Fsp3) is 0.0588. The average molecular weight is 701 g/mol. The topological polar surface area (TPSA) is 35.1 Å². The van der Waals surface area contributed by atoms with Gasteiger partial charge in [0.05, 0.1) is 38.8 Å². The van der Waals surface area contributed by atoms with Crippen LogP contribution in [0.3, 0.4) is 0 Å². The third-order valence-electron chi connectivity index (χ3n) is 12.7. The maximum absolute atomic E-state index is 5.61. The lowest BCUT2D eigenvalue weighted by Gasteiger charge is -2.22. The molecule has 1 aliphatic rings. The summed E-state index contributed by atoms with van der Waals surface area (Å²) in [4.78, 5) is 11.2. The highest BCUT2D eigenvalue weighted by Crippen LogP contribution is 2.50. The summed E-state index contributed by atoms with van der Waals surface area (Å²) in [6.07, 6.45) is 0. The van der Waals surface area contributed by atoms with E-state index in [0.29, 0.717) is 5.95 Å². The van der Waals surface area contributed by atoms with Crippen molar-refractivity contribution in [3.63, 3.8) is 0 Å². The van der Waals surface area contributed by atoms with Gasteiger partial charge in [0.15, 0.2) is 0 Å². The Labute approximate surface area is 315 Å². The highest BCUT2D eigenvalue weighted by molar-refractivity contribution is 6.31. The van der Waals surface area contributed by atoms with Crippen LogP contribution in [0.1, 0.15) is 25.0 Å². The van der Waals surface area contributed by atoms with Gasteiger partial charge >= 0.3 is 0 Å². The normalized spacial score (nSPS) is 13.8. The Morgan fingerprint density at radius 1 is 0.455 bits per heavy atom. The maximum Gasteiger partial charge on any atom is 0.235 e. The molecule has 0 radical (unpaired) electrons. The van der Waals surface area contributed by atoms with E-state index in [1.54, 1.807) is 0 Å². The van der Waals surface area contributed by atoms with Crippen molar-refractivity contribution in [3.05, 3.63) is 169 Å². The lowest BCUT2D eigenvalue weighted by Crippen LogP contribution is -2.15. The van der Waals surface area contributed by atoms with Crippen molar-refractivity contribution < 1.29 is 0 Å². The quantitative estimate of drug-likeness (QED) is 0.168. The minimum absolute atomic E-state index is 0.127. The van der Waals surface area contributed by atoms with Crippen LogP contribution in [-0.4, -0.2) is 18.9 Å². The number of aromatic nitrogens is 4. The van der Waals surface area contributed by atoms with E-state index in [-0.39, 0.29) is 5.41 Å². The van der Waals surface area contributed by atoms with Gasteiger partial charge in [-0.25, -0.2) is 9.97 Å². The van der Waals surface area contributed by atoms with E-state index in [2.05, 4.69) is 181 Å². The lowest BCUT2D eigenvalue weighted by molar-refractivity contribution is 0.660. The Kier molecular flexibility index (Phi) is 5.42. The van der Waals surface area contributed by atoms with Gasteiger partial charge in [-0.1, -0.05) is 135 Å². The molecule has 0 aliphatic heterocycles. The summed E-state index contributed by atoms with van der Waals surface area (Å²) in [5.41, 5.74) is 14.0. The van der Waals surface area contributed by atoms with Gasteiger partial charge in [0.2, 0.25) is 5.95 Å². The maximum atomic E-state index is 5.61. The zero-order valence-electron chi connectivity index (χ0n) is 30.3. The van der Waals surface area contributed by atoms with Gasteiger partial charge in [0.1, 0.15) is 0 Å². The lowest BCUT2D eigenvalue weighted by atomic mass is 9.82. The van der Waals surface area contributed by atoms with E-state index in [4.69, 9.17) is 9.97 Å². The van der Waals surface area contributed by atoms with Crippen LogP contribution in [0, 0.1) is 0 Å². The van der Waals surface area contributed by atoms with Crippen LogP contribution in [0.2, 0.25) is 0 Å². The van der Waals surface area contributed by atoms with Crippen LogP contribution in [0.15, 0.2) is 158 Å². The molecule has 0 unspecified atom stereocenters. The monoisotopic (exact) mass is 700 g/mol. The second-order valence-corrected chi connectivity index (χ2v) is 15.7. The molecule has 0 atom stereocenters. The van der Waals surface area contributed by atoms with Crippen LogP contribution in [0.4, 0.5) is 0 Å². The molecule has 0 saturated heterocycles. The summed E-state index contributed by atoms with van der Waals surface area (Å²) in [5.74, 6) is 0.674. The highest BCUT2D eigenvalue weighted by Gasteiger charge is 2.35. The molecule has 0 fully saturated rings. The number of para-hydroxylation sites is 2. The van der Waals surface area contributed by atoms with Gasteiger partial charge in [-0.05, 0) is 69.4 Å². The van der Waals surface area contributed by atoms with Crippen LogP contribution < -0.4 is 0 Å². The van der Waals surface area contributed by atoms with E-state index < -0.39 is 0 Å². The first kappa shape index (κ1) is 29.4. The predicted molar refractivity (Wildman–Crippen MR) is 229 cm³/mol. The molecule has 256 valence electrons. The SMILES string of the molecule is CC1(C)c2ccccc2-c2ccc(-c3nc(-n4c5cccc6c7cccc8c9ccccc9n(c9cccc4c9c65)c78)nc4c3ccc3ccccc34)cc21. The molecule has 0 spiro atoms. The molecule has 1 aliphatic carbocycles. The fourth-order valence-electron chi connectivity index (χ4n) is 10.2. The molecule has 4 heterocycles. The van der Waals surface area contributed by atoms with Crippen LogP contribution in [0.5, 0.6) is 0 Å². The largest absolute Gasteiger partial charge is 0.308 e. The minimum Gasteiger partial charge on any atom is -0.308 e. The van der Waals surface area contributed by atoms with Crippen molar-refractivity contribution in [2.75, 3.05) is 0 Å². The number of nitrogens with zero attached hydrogens (tertiary/aromatic N) is 4. The van der Waals surface area contributed by atoms with Gasteiger partial charge < -0.3 is 4.40 Å². The first-order valence-corrected chi connectivity index (χ1v) is 19.1. The van der Waals surface area contributed by atoms with Crippen molar-refractivity contribution in [3.8, 4) is 28.3 Å². The van der Waals surface area contributed by atoms with E-state index in [1.165, 1.54) is 71.1 Å². The van der Waals surface area contributed by atoms with Crippen molar-refractivity contribution >= 4 is 81.6 Å². The van der Waals surface area contributed by atoms with Crippen molar-refractivity contribution in [2.24, 2.45) is 0 Å². The van der Waals surface area contributed by atoms with Crippen LogP contribution in [0.25, 0.3) is 110 Å². The Morgan fingerprint density at radius 2 is 1.11 bits per heavy atom. The Hall–Kier alpha value is -7.04. The zero-order valence-corrected chi connectivity index (χ0v) is 30.3. The Bertz CT molecular complexity index is 3640. The standard InChI is InChI=1S/C51H32N4/c1-51(2)39-19-7-5-14-32(39)33-26-25-30(28-40(33)51)47-38-27-24-29-12-3-4-13-31(29)48(38)53-50(52-47)55-42-21-10-16-35-37-18-9-17-36-34-15-6-8-20-41(34)54(49(36)37)43-22-11-23-44(55)46(43)45(35)42/h3-28H,1-2H3. The fourth-order valence-corrected chi connectivity index (χ4v) is 10.2. The van der Waals surface area contributed by atoms with Gasteiger partial charge in [-0.2, -0.15) is 0 Å². The number of rotatable bonds is 2. The summed E-state index contributed by atoms with van der Waals surface area (Å²) in [7, 11) is 0. The van der Waals surface area contributed by atoms with E-state index in [9.17, 15) is 0 Å². The van der Waals surface area contributed by atoms with Gasteiger partial charge in [0.25, 0.3) is 0 Å². The number of hydrogen-bond donors (Lipinski definition) is 0. The molecular formula is C51H32N4. The molecule has 0 bridgehead atoms. The van der Waals surface area contributed by atoms with Crippen molar-refractivity contribution in [1.29, 1.82) is 0 Å². The molecule has 4 heteroatoms. The third kappa shape index (κ3) is 3.62. The molecule has 4 aromatic heterocycles. The van der Waals surface area contributed by atoms with Crippen molar-refractivity contribution in [1.82, 2.24) is 18.9 Å². The molecule has 0 saturated carbocycles. The molecule has 4 nitrogen and oxygen atoms in total. The molecule has 0 N–H and O–H groups in total. The first-order valence-electron chi connectivity index (χ1n) is 19.1. The summed E-state index contributed by atoms with van der Waals surface area (Å²) in [6, 6.07) is 57.8. The molecule has 0 amide bonds. The molecule has 12 aromatic rings. The summed E-state index contributed by atoms with van der Waals surface area (Å²) in [6.45, 7) is 4.69. The first-order chi connectivity index (χ1) is 27.1. The van der Waals surface area contributed by atoms with Gasteiger partial charge in [-0.15, -0.1) is 0 Å². The third-order valence-corrected chi connectivity index (χ3v) is 12.7. The van der Waals surface area contributed by atoms with E-state index in [0.717, 1.165) is 44.0 Å². The molecular weight excluding hydrogens is 669 g/mol. The summed E-state index contributed by atoms with van der Waals surface area (Å²) in [5, 5.41) is 10.8. The van der Waals surface area contributed by atoms with E-state index in [1.807, 2.05) is 0 Å². The van der Waals surface area contributed by atoms with Crippen LogP contribution in [-0.2, 0) is 5.41 Å². The zero-order chi connectivity index (χ0) is 36.2. The summed E-state index contributed by atoms with van der Waals surface area (Å²) < 4.78 is 4.79. The Balaban J connectivity index is 1.18. The average Bonchev–Trinajstić information content (AvgIpc) is 3.80. The second kappa shape index (κ2) is 10.1. The van der Waals surface area contributed by atoms with Gasteiger partial charge in [0, 0.05) is 48.7 Å². The summed E-state index contributed by atoms with van der Waals surface area (Å²) >= 11 is 0. The molecule has 13 rings (SSSR count). The molecule has 55 heavy (non-hydrogen) atoms. The minimum atomic E-state index is -0.127. The number of benzene rings is 8. The smallest absolute Gasteiger partial charge is 0.235 e. The number of hydrogen-bond acceptors (Lipinski definition) is 2. The van der Waals surface area contributed by atoms with E-state index >= 15 is 0 Å². The Morgan fingerprint density at radius 3 is 2.02 bits per heavy atom. The second-order valence-electron chi connectivity index (χ2n) is 15.7. The van der Waals surface area contributed by atoms with Crippen LogP contribution >= 0.6 is 0 Å². The molecule has 8 aromatic carbocycles. The number of fused-ring (bicyclic) bond motifs is 11.